The first kappa shape index (κ1) is 23.7. The lowest BCUT2D eigenvalue weighted by Crippen LogP contribution is -2.16. The summed E-state index contributed by atoms with van der Waals surface area (Å²) in [5.41, 5.74) is 1.28. The van der Waals surface area contributed by atoms with Gasteiger partial charge in [0.25, 0.3) is 0 Å². The fourth-order valence-electron chi connectivity index (χ4n) is 3.39. The molecule has 0 spiro atoms. The molecule has 6 heteroatoms. The molecule has 2 aromatic rings. The molecule has 0 amide bonds. The predicted molar refractivity (Wildman–Crippen MR) is 115 cm³/mol. The Morgan fingerprint density at radius 1 is 0.767 bits per heavy atom. The average Bonchev–Trinajstić information content (AvgIpc) is 2.58. The SMILES string of the molecule is CC(c1cc(C(C)(C)C)cc(C(=O)O)c1O)c1cc(C(C)(C)C)cc(C(O)O)c1O. The van der Waals surface area contributed by atoms with Gasteiger partial charge in [0.2, 0.25) is 0 Å². The highest BCUT2D eigenvalue weighted by Gasteiger charge is 2.28. The Morgan fingerprint density at radius 3 is 1.57 bits per heavy atom. The van der Waals surface area contributed by atoms with E-state index >= 15 is 0 Å². The van der Waals surface area contributed by atoms with Crippen molar-refractivity contribution in [1.82, 2.24) is 0 Å². The molecule has 30 heavy (non-hydrogen) atoms. The third-order valence-electron chi connectivity index (χ3n) is 5.48. The van der Waals surface area contributed by atoms with Crippen LogP contribution in [0.4, 0.5) is 0 Å². The first-order valence-corrected chi connectivity index (χ1v) is 9.89. The van der Waals surface area contributed by atoms with E-state index in [1.165, 1.54) is 6.07 Å². The van der Waals surface area contributed by atoms with Crippen LogP contribution < -0.4 is 0 Å². The Balaban J connectivity index is 2.83. The molecule has 0 saturated heterocycles. The van der Waals surface area contributed by atoms with Gasteiger partial charge in [-0.3, -0.25) is 0 Å². The largest absolute Gasteiger partial charge is 0.507 e. The second-order valence-corrected chi connectivity index (χ2v) is 9.87. The molecule has 6 nitrogen and oxygen atoms in total. The highest BCUT2D eigenvalue weighted by molar-refractivity contribution is 5.92. The zero-order valence-corrected chi connectivity index (χ0v) is 18.6. The van der Waals surface area contributed by atoms with Gasteiger partial charge in [-0.15, -0.1) is 0 Å². The molecule has 2 rings (SSSR count). The van der Waals surface area contributed by atoms with E-state index in [2.05, 4.69) is 0 Å². The van der Waals surface area contributed by atoms with E-state index in [1.54, 1.807) is 25.1 Å². The lowest BCUT2D eigenvalue weighted by atomic mass is 9.79. The van der Waals surface area contributed by atoms with Gasteiger partial charge in [0.1, 0.15) is 17.1 Å². The standard InChI is InChI=1S/C24H32O6/c1-12(15-8-13(23(2,3)4)10-17(19(15)25)21(27)28)16-9-14(24(5,6)7)11-18(20(16)26)22(29)30/h8-12,21,25-28H,1-7H3,(H,29,30). The molecule has 0 fully saturated rings. The Morgan fingerprint density at radius 2 is 1.17 bits per heavy atom. The van der Waals surface area contributed by atoms with Crippen LogP contribution in [0.2, 0.25) is 0 Å². The van der Waals surface area contributed by atoms with Crippen molar-refractivity contribution in [2.45, 2.75) is 71.5 Å². The van der Waals surface area contributed by atoms with Crippen LogP contribution in [0.15, 0.2) is 24.3 Å². The number of aliphatic hydroxyl groups is 2. The molecular weight excluding hydrogens is 384 g/mol. The van der Waals surface area contributed by atoms with Crippen molar-refractivity contribution in [2.24, 2.45) is 0 Å². The second kappa shape index (κ2) is 7.93. The zero-order chi connectivity index (χ0) is 23.2. The number of carboxylic acids is 1. The molecule has 164 valence electrons. The van der Waals surface area contributed by atoms with Crippen LogP contribution >= 0.6 is 0 Å². The molecular formula is C24H32O6. The summed E-state index contributed by atoms with van der Waals surface area (Å²) in [5, 5.41) is 50.6. The van der Waals surface area contributed by atoms with E-state index < -0.39 is 18.2 Å². The van der Waals surface area contributed by atoms with Crippen LogP contribution in [0.5, 0.6) is 11.5 Å². The van der Waals surface area contributed by atoms with E-state index in [-0.39, 0.29) is 33.5 Å². The van der Waals surface area contributed by atoms with Gasteiger partial charge in [-0.2, -0.15) is 0 Å². The first-order chi connectivity index (χ1) is 13.6. The maximum Gasteiger partial charge on any atom is 0.339 e. The second-order valence-electron chi connectivity index (χ2n) is 9.87. The van der Waals surface area contributed by atoms with E-state index in [4.69, 9.17) is 0 Å². The lowest BCUT2D eigenvalue weighted by molar-refractivity contribution is -0.0440. The van der Waals surface area contributed by atoms with Crippen molar-refractivity contribution < 1.29 is 30.3 Å². The van der Waals surface area contributed by atoms with Crippen molar-refractivity contribution in [3.05, 3.63) is 57.6 Å². The zero-order valence-electron chi connectivity index (χ0n) is 18.6. The van der Waals surface area contributed by atoms with Crippen molar-refractivity contribution in [1.29, 1.82) is 0 Å². The maximum absolute atomic E-state index is 11.7. The Hall–Kier alpha value is -2.57. The number of carboxylic acid groups (broad SMARTS) is 1. The van der Waals surface area contributed by atoms with Crippen LogP contribution in [0.1, 0.15) is 98.8 Å². The molecule has 0 saturated carbocycles. The van der Waals surface area contributed by atoms with Gasteiger partial charge in [0.15, 0.2) is 6.29 Å². The summed E-state index contributed by atoms with van der Waals surface area (Å²) in [5.74, 6) is -2.51. The number of hydrogen-bond acceptors (Lipinski definition) is 5. The number of phenols is 2. The number of hydrogen-bond donors (Lipinski definition) is 5. The van der Waals surface area contributed by atoms with E-state index in [1.807, 2.05) is 41.5 Å². The van der Waals surface area contributed by atoms with E-state index in [9.17, 15) is 30.3 Å². The van der Waals surface area contributed by atoms with Crippen molar-refractivity contribution >= 4 is 5.97 Å². The Labute approximate surface area is 177 Å². The van der Waals surface area contributed by atoms with Gasteiger partial charge in [0, 0.05) is 22.6 Å². The molecule has 0 aliphatic carbocycles. The minimum atomic E-state index is -1.87. The summed E-state index contributed by atoms with van der Waals surface area (Å²) in [4.78, 5) is 11.7. The first-order valence-electron chi connectivity index (χ1n) is 9.89. The highest BCUT2D eigenvalue weighted by atomic mass is 16.5. The summed E-state index contributed by atoms with van der Waals surface area (Å²) in [6.45, 7) is 13.4. The maximum atomic E-state index is 11.7. The van der Waals surface area contributed by atoms with Gasteiger partial charge < -0.3 is 25.5 Å². The summed E-state index contributed by atoms with van der Waals surface area (Å²) in [6.07, 6.45) is -1.87. The summed E-state index contributed by atoms with van der Waals surface area (Å²) in [6, 6.07) is 6.51. The summed E-state index contributed by atoms with van der Waals surface area (Å²) in [7, 11) is 0. The fraction of sp³-hybridized carbons (Fsp3) is 0.458. The molecule has 1 atom stereocenters. The molecule has 0 aliphatic heterocycles. The van der Waals surface area contributed by atoms with Gasteiger partial charge in [-0.25, -0.2) is 4.79 Å². The lowest BCUT2D eigenvalue weighted by Gasteiger charge is -2.27. The van der Waals surface area contributed by atoms with E-state index in [0.29, 0.717) is 11.1 Å². The van der Waals surface area contributed by atoms with Gasteiger partial charge in [-0.1, -0.05) is 60.6 Å². The third-order valence-corrected chi connectivity index (χ3v) is 5.48. The number of aromatic carboxylic acids is 1. The van der Waals surface area contributed by atoms with Crippen LogP contribution in [0.25, 0.3) is 0 Å². The van der Waals surface area contributed by atoms with Crippen LogP contribution in [0, 0.1) is 0 Å². The minimum absolute atomic E-state index is 0.0331. The number of aliphatic hydroxyl groups excluding tert-OH is 1. The Kier molecular flexibility index (Phi) is 6.27. The van der Waals surface area contributed by atoms with Gasteiger partial charge in [-0.05, 0) is 34.1 Å². The van der Waals surface area contributed by atoms with Crippen molar-refractivity contribution in [3.63, 3.8) is 0 Å². The third kappa shape index (κ3) is 4.60. The van der Waals surface area contributed by atoms with Crippen LogP contribution in [0.3, 0.4) is 0 Å². The molecule has 0 bridgehead atoms. The van der Waals surface area contributed by atoms with E-state index in [0.717, 1.165) is 11.1 Å². The number of aromatic hydroxyl groups is 2. The molecule has 2 aromatic carbocycles. The topological polar surface area (TPSA) is 118 Å². The molecule has 0 heterocycles. The van der Waals surface area contributed by atoms with Gasteiger partial charge >= 0.3 is 5.97 Å². The van der Waals surface area contributed by atoms with Crippen molar-refractivity contribution in [3.8, 4) is 11.5 Å². The molecule has 0 aromatic heterocycles. The number of benzene rings is 2. The fourth-order valence-corrected chi connectivity index (χ4v) is 3.39. The Bertz CT molecular complexity index is 961. The highest BCUT2D eigenvalue weighted by Crippen LogP contribution is 2.43. The van der Waals surface area contributed by atoms with Gasteiger partial charge in [0.05, 0.1) is 0 Å². The summed E-state index contributed by atoms with van der Waals surface area (Å²) >= 11 is 0. The predicted octanol–water partition coefficient (Wildman–Crippen LogP) is 4.53. The normalized spacial score (nSPS) is 13.5. The molecule has 0 aliphatic rings. The smallest absolute Gasteiger partial charge is 0.339 e. The molecule has 5 N–H and O–H groups in total. The quantitative estimate of drug-likeness (QED) is 0.468. The monoisotopic (exact) mass is 416 g/mol. The van der Waals surface area contributed by atoms with Crippen molar-refractivity contribution in [2.75, 3.05) is 0 Å². The molecule has 1 unspecified atom stereocenters. The van der Waals surface area contributed by atoms with Crippen LogP contribution in [-0.4, -0.2) is 31.5 Å². The average molecular weight is 417 g/mol. The molecule has 0 radical (unpaired) electrons. The number of phenolic OH excluding ortho intramolecular Hbond substituents is 1. The number of rotatable bonds is 4. The minimum Gasteiger partial charge on any atom is -0.507 e. The summed E-state index contributed by atoms with van der Waals surface area (Å²) < 4.78 is 0. The van der Waals surface area contributed by atoms with Crippen LogP contribution in [-0.2, 0) is 10.8 Å². The number of carbonyl (C=O) groups is 1.